The summed E-state index contributed by atoms with van der Waals surface area (Å²) in [6.45, 7) is 12.8. The predicted molar refractivity (Wildman–Crippen MR) is 195 cm³/mol. The Hall–Kier alpha value is -5.50. The van der Waals surface area contributed by atoms with Crippen molar-refractivity contribution >= 4 is 21.9 Å². The van der Waals surface area contributed by atoms with Gasteiger partial charge in [0.25, 0.3) is 0 Å². The Morgan fingerprint density at radius 2 is 1.32 bits per heavy atom. The minimum Gasteiger partial charge on any atom is -0.507 e. The number of nitrogens with zero attached hydrogens (tertiary/aromatic N) is 4. The molecule has 0 fully saturated rings. The standard InChI is InChI=1S/C42H37F3N4O/c1-40(2,3)28-15-18-30(19-16-28)49-33-14-8-13-31(32-24-29(42(43,44)45)17-20-34(32)50)38(33)48-39(49)27-11-7-10-25(22-27)37-36-26(12-9-21-46-36)23-35(47-37)41(4,5)6/h7-24,50H,1-6H3. The molecule has 0 radical (unpaired) electrons. The van der Waals surface area contributed by atoms with Crippen LogP contribution >= 0.6 is 0 Å². The minimum atomic E-state index is -4.58. The van der Waals surface area contributed by atoms with Crippen LogP contribution in [0.5, 0.6) is 5.75 Å². The number of pyridine rings is 2. The Kier molecular flexibility index (Phi) is 7.81. The SMILES string of the molecule is CC(C)(C)c1ccc(-n2c(-c3cccc(-c4nc(C(C)(C)C)cc5cccnc45)c3)nc3c(-c4cc(C(F)(F)F)ccc4O)cccc32)cc1. The lowest BCUT2D eigenvalue weighted by Gasteiger charge is -2.20. The van der Waals surface area contributed by atoms with Gasteiger partial charge in [-0.1, -0.05) is 90.1 Å². The van der Waals surface area contributed by atoms with Crippen LogP contribution in [0.2, 0.25) is 0 Å². The normalized spacial score (nSPS) is 12.6. The van der Waals surface area contributed by atoms with Crippen LogP contribution in [0.15, 0.2) is 109 Å². The first kappa shape index (κ1) is 33.0. The van der Waals surface area contributed by atoms with Crippen LogP contribution in [0.25, 0.3) is 61.4 Å². The lowest BCUT2D eigenvalue weighted by molar-refractivity contribution is -0.137. The number of halogens is 3. The van der Waals surface area contributed by atoms with Crippen molar-refractivity contribution in [1.82, 2.24) is 19.5 Å². The highest BCUT2D eigenvalue weighted by atomic mass is 19.4. The highest BCUT2D eigenvalue weighted by Crippen LogP contribution is 2.41. The fourth-order valence-corrected chi connectivity index (χ4v) is 6.29. The highest BCUT2D eigenvalue weighted by molar-refractivity contribution is 5.97. The zero-order chi connectivity index (χ0) is 35.6. The second-order valence-corrected chi connectivity index (χ2v) is 14.7. The molecule has 0 amide bonds. The van der Waals surface area contributed by atoms with E-state index in [1.54, 1.807) is 18.3 Å². The lowest BCUT2D eigenvalue weighted by Crippen LogP contribution is -2.14. The zero-order valence-electron chi connectivity index (χ0n) is 28.8. The summed E-state index contributed by atoms with van der Waals surface area (Å²) in [5, 5.41) is 11.8. The summed E-state index contributed by atoms with van der Waals surface area (Å²) in [5.74, 6) is 0.329. The number of hydrogen-bond donors (Lipinski definition) is 1. The van der Waals surface area contributed by atoms with E-state index in [4.69, 9.17) is 15.0 Å². The Morgan fingerprint density at radius 3 is 2.02 bits per heavy atom. The second-order valence-electron chi connectivity index (χ2n) is 14.7. The third kappa shape index (κ3) is 5.99. The van der Waals surface area contributed by atoms with Gasteiger partial charge in [-0.25, -0.2) is 9.97 Å². The van der Waals surface area contributed by atoms with Crippen molar-refractivity contribution in [2.45, 2.75) is 58.5 Å². The maximum absolute atomic E-state index is 13.8. The van der Waals surface area contributed by atoms with E-state index in [1.807, 2.05) is 59.2 Å². The van der Waals surface area contributed by atoms with Gasteiger partial charge in [-0.15, -0.1) is 0 Å². The van der Waals surface area contributed by atoms with Gasteiger partial charge >= 0.3 is 6.18 Å². The van der Waals surface area contributed by atoms with E-state index in [-0.39, 0.29) is 22.1 Å². The first-order valence-corrected chi connectivity index (χ1v) is 16.5. The molecule has 8 heteroatoms. The van der Waals surface area contributed by atoms with Crippen LogP contribution in [0, 0.1) is 0 Å². The van der Waals surface area contributed by atoms with Crippen LogP contribution in [0.1, 0.15) is 58.4 Å². The van der Waals surface area contributed by atoms with E-state index < -0.39 is 11.7 Å². The van der Waals surface area contributed by atoms with Crippen LogP contribution in [-0.4, -0.2) is 24.6 Å². The maximum atomic E-state index is 13.8. The van der Waals surface area contributed by atoms with Crippen molar-refractivity contribution in [3.8, 4) is 45.2 Å². The van der Waals surface area contributed by atoms with Gasteiger partial charge in [0.15, 0.2) is 0 Å². The average Bonchev–Trinajstić information content (AvgIpc) is 3.47. The van der Waals surface area contributed by atoms with Crippen LogP contribution in [0.4, 0.5) is 13.2 Å². The topological polar surface area (TPSA) is 63.8 Å². The summed E-state index contributed by atoms with van der Waals surface area (Å²) in [4.78, 5) is 14.9. The molecule has 0 aliphatic rings. The van der Waals surface area contributed by atoms with Crippen LogP contribution in [0.3, 0.4) is 0 Å². The smallest absolute Gasteiger partial charge is 0.416 e. The molecule has 0 aliphatic carbocycles. The van der Waals surface area contributed by atoms with E-state index >= 15 is 0 Å². The van der Waals surface area contributed by atoms with E-state index in [0.717, 1.165) is 62.9 Å². The first-order valence-electron chi connectivity index (χ1n) is 16.5. The van der Waals surface area contributed by atoms with Crippen molar-refractivity contribution < 1.29 is 18.3 Å². The highest BCUT2D eigenvalue weighted by Gasteiger charge is 2.32. The van der Waals surface area contributed by atoms with Gasteiger partial charge in [0.05, 0.1) is 27.8 Å². The molecule has 0 unspecified atom stereocenters. The first-order chi connectivity index (χ1) is 23.6. The molecule has 3 aromatic heterocycles. The van der Waals surface area contributed by atoms with Crippen LogP contribution in [-0.2, 0) is 17.0 Å². The number of imidazole rings is 1. The molecule has 0 saturated heterocycles. The fraction of sp³-hybridized carbons (Fsp3) is 0.214. The van der Waals surface area contributed by atoms with Crippen molar-refractivity contribution in [1.29, 1.82) is 0 Å². The summed E-state index contributed by atoms with van der Waals surface area (Å²) in [5.41, 5.74) is 6.59. The molecule has 3 heterocycles. The molecule has 5 nitrogen and oxygen atoms in total. The van der Waals surface area contributed by atoms with E-state index in [1.165, 1.54) is 0 Å². The van der Waals surface area contributed by atoms with Gasteiger partial charge in [-0.2, -0.15) is 13.2 Å². The van der Waals surface area contributed by atoms with E-state index in [0.29, 0.717) is 22.4 Å². The number of fused-ring (bicyclic) bond motifs is 2. The molecular weight excluding hydrogens is 633 g/mol. The predicted octanol–water partition coefficient (Wildman–Crippen LogP) is 11.3. The molecule has 0 aliphatic heterocycles. The van der Waals surface area contributed by atoms with Gasteiger partial charge in [-0.05, 0) is 65.6 Å². The molecule has 0 spiro atoms. The molecule has 7 aromatic rings. The average molecular weight is 671 g/mol. The van der Waals surface area contributed by atoms with Gasteiger partial charge in [0.1, 0.15) is 11.6 Å². The number of phenolic OH excluding ortho intramolecular Hbond substituents is 1. The molecule has 7 rings (SSSR count). The third-order valence-corrected chi connectivity index (χ3v) is 9.04. The summed E-state index contributed by atoms with van der Waals surface area (Å²) in [6.07, 6.45) is -2.81. The van der Waals surface area contributed by atoms with Gasteiger partial charge in [-0.3, -0.25) is 9.55 Å². The summed E-state index contributed by atoms with van der Waals surface area (Å²) in [6, 6.07) is 30.6. The lowest BCUT2D eigenvalue weighted by atomic mass is 9.87. The number of aromatic nitrogens is 4. The molecule has 0 atom stereocenters. The van der Waals surface area contributed by atoms with Crippen molar-refractivity contribution in [3.63, 3.8) is 0 Å². The summed E-state index contributed by atoms with van der Waals surface area (Å²) >= 11 is 0. The molecular formula is C42H37F3N4O. The molecule has 0 bridgehead atoms. The number of rotatable bonds is 4. The Bertz CT molecular complexity index is 2400. The number of para-hydroxylation sites is 1. The molecule has 1 N–H and O–H groups in total. The van der Waals surface area contributed by atoms with Crippen molar-refractivity contribution in [3.05, 3.63) is 126 Å². The number of hydrogen-bond acceptors (Lipinski definition) is 4. The van der Waals surface area contributed by atoms with Gasteiger partial charge in [0.2, 0.25) is 0 Å². The molecule has 50 heavy (non-hydrogen) atoms. The van der Waals surface area contributed by atoms with Crippen molar-refractivity contribution in [2.75, 3.05) is 0 Å². The minimum absolute atomic E-state index is 0.0548. The molecule has 4 aromatic carbocycles. The molecule has 252 valence electrons. The van der Waals surface area contributed by atoms with Crippen molar-refractivity contribution in [2.24, 2.45) is 0 Å². The number of aromatic hydroxyl groups is 1. The largest absolute Gasteiger partial charge is 0.507 e. The van der Waals surface area contributed by atoms with Crippen LogP contribution < -0.4 is 0 Å². The quantitative estimate of drug-likeness (QED) is 0.202. The fourth-order valence-electron chi connectivity index (χ4n) is 6.29. The summed E-state index contributed by atoms with van der Waals surface area (Å²) < 4.78 is 43.5. The Labute approximate surface area is 289 Å². The number of alkyl halides is 3. The van der Waals surface area contributed by atoms with E-state index in [9.17, 15) is 18.3 Å². The van der Waals surface area contributed by atoms with E-state index in [2.05, 4.69) is 59.7 Å². The third-order valence-electron chi connectivity index (χ3n) is 9.04. The summed E-state index contributed by atoms with van der Waals surface area (Å²) in [7, 11) is 0. The second kappa shape index (κ2) is 11.8. The number of phenols is 1. The van der Waals surface area contributed by atoms with Gasteiger partial charge < -0.3 is 5.11 Å². The van der Waals surface area contributed by atoms with Gasteiger partial charge in [0, 0.05) is 50.6 Å². The Balaban J connectivity index is 1.49. The molecule has 0 saturated carbocycles. The monoisotopic (exact) mass is 670 g/mol. The Morgan fingerprint density at radius 1 is 0.620 bits per heavy atom. The zero-order valence-corrected chi connectivity index (χ0v) is 28.8. The number of benzene rings is 4. The maximum Gasteiger partial charge on any atom is 0.416 e.